The van der Waals surface area contributed by atoms with E-state index < -0.39 is 0 Å². The minimum atomic E-state index is 0.0694. The third-order valence-electron chi connectivity index (χ3n) is 3.93. The summed E-state index contributed by atoms with van der Waals surface area (Å²) in [6, 6.07) is 9.42. The van der Waals surface area contributed by atoms with Gasteiger partial charge in [-0.05, 0) is 31.2 Å². The number of carbonyl (C=O) groups excluding carboxylic acids is 2. The van der Waals surface area contributed by atoms with Crippen molar-refractivity contribution in [3.63, 3.8) is 0 Å². The molecule has 1 aliphatic heterocycles. The first kappa shape index (κ1) is 15.7. The first-order valence-corrected chi connectivity index (χ1v) is 8.48. The molecule has 23 heavy (non-hydrogen) atoms. The monoisotopic (exact) mass is 329 g/mol. The summed E-state index contributed by atoms with van der Waals surface area (Å²) in [6.45, 7) is 4.34. The Bertz CT molecular complexity index is 691. The number of aryl methyl sites for hydroxylation is 1. The van der Waals surface area contributed by atoms with Crippen molar-refractivity contribution < 1.29 is 9.59 Å². The van der Waals surface area contributed by atoms with Gasteiger partial charge in [0.05, 0.1) is 11.3 Å². The second-order valence-corrected chi connectivity index (χ2v) is 6.87. The molecule has 0 N–H and O–H groups in total. The molecule has 5 nitrogen and oxygen atoms in total. The van der Waals surface area contributed by atoms with E-state index in [0.717, 1.165) is 15.4 Å². The highest BCUT2D eigenvalue weighted by Gasteiger charge is 2.25. The number of hydrogen-bond acceptors (Lipinski definition) is 4. The minimum Gasteiger partial charge on any atom is -0.339 e. The zero-order valence-electron chi connectivity index (χ0n) is 13.1. The lowest BCUT2D eigenvalue weighted by atomic mass is 10.2. The molecule has 0 aromatic carbocycles. The molecular weight excluding hydrogens is 310 g/mol. The molecule has 0 radical (unpaired) electrons. The van der Waals surface area contributed by atoms with Gasteiger partial charge < -0.3 is 9.80 Å². The summed E-state index contributed by atoms with van der Waals surface area (Å²) in [4.78, 5) is 34.5. The van der Waals surface area contributed by atoms with Crippen LogP contribution in [0.3, 0.4) is 0 Å². The number of rotatable bonds is 3. The van der Waals surface area contributed by atoms with E-state index in [-0.39, 0.29) is 11.8 Å². The molecule has 1 fully saturated rings. The highest BCUT2D eigenvalue weighted by molar-refractivity contribution is 7.13. The fourth-order valence-electron chi connectivity index (χ4n) is 2.63. The van der Waals surface area contributed by atoms with Gasteiger partial charge in [-0.25, -0.2) is 0 Å². The fraction of sp³-hybridized carbons (Fsp3) is 0.353. The first-order valence-electron chi connectivity index (χ1n) is 7.67. The highest BCUT2D eigenvalue weighted by Crippen LogP contribution is 2.18. The number of nitrogens with zero attached hydrogens (tertiary/aromatic N) is 3. The molecule has 0 atom stereocenters. The molecule has 120 valence electrons. The van der Waals surface area contributed by atoms with Crippen LogP contribution in [-0.2, 0) is 11.2 Å². The van der Waals surface area contributed by atoms with E-state index in [2.05, 4.69) is 4.98 Å². The Labute approximate surface area is 139 Å². The average Bonchev–Trinajstić information content (AvgIpc) is 3.02. The number of thiophene rings is 1. The average molecular weight is 329 g/mol. The van der Waals surface area contributed by atoms with Crippen molar-refractivity contribution >= 4 is 23.2 Å². The maximum absolute atomic E-state index is 12.4. The van der Waals surface area contributed by atoms with Crippen LogP contribution < -0.4 is 0 Å². The van der Waals surface area contributed by atoms with Gasteiger partial charge in [0.1, 0.15) is 0 Å². The summed E-state index contributed by atoms with van der Waals surface area (Å²) in [5, 5.41) is 0. The maximum Gasteiger partial charge on any atom is 0.264 e. The molecule has 0 saturated carbocycles. The summed E-state index contributed by atoms with van der Waals surface area (Å²) in [5.41, 5.74) is 0.782. The molecule has 0 spiro atoms. The molecular formula is C17H19N3O2S. The number of hydrogen-bond donors (Lipinski definition) is 0. The predicted molar refractivity (Wildman–Crippen MR) is 89.5 cm³/mol. The van der Waals surface area contributed by atoms with E-state index in [9.17, 15) is 9.59 Å². The predicted octanol–water partition coefficient (Wildman–Crippen LogP) is 1.98. The molecule has 1 saturated heterocycles. The van der Waals surface area contributed by atoms with E-state index in [0.29, 0.717) is 32.6 Å². The number of aromatic nitrogens is 1. The van der Waals surface area contributed by atoms with Gasteiger partial charge in [-0.1, -0.05) is 6.07 Å². The zero-order valence-corrected chi connectivity index (χ0v) is 13.9. The Morgan fingerprint density at radius 1 is 1.09 bits per heavy atom. The molecule has 0 bridgehead atoms. The first-order chi connectivity index (χ1) is 11.1. The SMILES string of the molecule is Cc1ccc(C(=O)N2CCN(C(=O)Cc3ccccn3)CC2)s1. The molecule has 2 aromatic rings. The third kappa shape index (κ3) is 3.76. The lowest BCUT2D eigenvalue weighted by Gasteiger charge is -2.34. The Hall–Kier alpha value is -2.21. The number of piperazine rings is 1. The quantitative estimate of drug-likeness (QED) is 0.865. The van der Waals surface area contributed by atoms with Crippen LogP contribution in [0.2, 0.25) is 0 Å². The zero-order chi connectivity index (χ0) is 16.2. The van der Waals surface area contributed by atoms with E-state index in [1.54, 1.807) is 6.20 Å². The van der Waals surface area contributed by atoms with Crippen LogP contribution >= 0.6 is 11.3 Å². The number of pyridine rings is 1. The van der Waals surface area contributed by atoms with Gasteiger partial charge in [0, 0.05) is 42.9 Å². The number of carbonyl (C=O) groups is 2. The minimum absolute atomic E-state index is 0.0694. The summed E-state index contributed by atoms with van der Waals surface area (Å²) in [5.74, 6) is 0.141. The standard InChI is InChI=1S/C17H19N3O2S/c1-13-5-6-15(23-13)17(22)20-10-8-19(9-11-20)16(21)12-14-4-2-3-7-18-14/h2-7H,8-12H2,1H3. The number of amides is 2. The summed E-state index contributed by atoms with van der Waals surface area (Å²) in [6.07, 6.45) is 2.02. The van der Waals surface area contributed by atoms with E-state index in [1.807, 2.05) is 47.1 Å². The molecule has 2 amide bonds. The molecule has 1 aliphatic rings. The van der Waals surface area contributed by atoms with E-state index in [4.69, 9.17) is 0 Å². The van der Waals surface area contributed by atoms with Crippen LogP contribution in [0.15, 0.2) is 36.5 Å². The fourth-order valence-corrected chi connectivity index (χ4v) is 3.47. The second-order valence-electron chi connectivity index (χ2n) is 5.58. The van der Waals surface area contributed by atoms with Crippen LogP contribution in [0, 0.1) is 6.92 Å². The lowest BCUT2D eigenvalue weighted by Crippen LogP contribution is -2.50. The molecule has 0 unspecified atom stereocenters. The van der Waals surface area contributed by atoms with Gasteiger partial charge in [-0.2, -0.15) is 0 Å². The van der Waals surface area contributed by atoms with E-state index in [1.165, 1.54) is 11.3 Å². The van der Waals surface area contributed by atoms with Crippen LogP contribution in [-0.4, -0.2) is 52.8 Å². The molecule has 3 rings (SSSR count). The van der Waals surface area contributed by atoms with Crippen LogP contribution in [0.4, 0.5) is 0 Å². The molecule has 6 heteroatoms. The summed E-state index contributed by atoms with van der Waals surface area (Å²) < 4.78 is 0. The third-order valence-corrected chi connectivity index (χ3v) is 4.92. The molecule has 2 aromatic heterocycles. The maximum atomic E-state index is 12.4. The van der Waals surface area contributed by atoms with Gasteiger partial charge >= 0.3 is 0 Å². The molecule has 0 aliphatic carbocycles. The van der Waals surface area contributed by atoms with E-state index >= 15 is 0 Å². The Kier molecular flexibility index (Phi) is 4.71. The topological polar surface area (TPSA) is 53.5 Å². The summed E-state index contributed by atoms with van der Waals surface area (Å²) >= 11 is 1.52. The molecule has 3 heterocycles. The Balaban J connectivity index is 1.54. The van der Waals surface area contributed by atoms with Gasteiger partial charge in [0.2, 0.25) is 5.91 Å². The van der Waals surface area contributed by atoms with Crippen molar-refractivity contribution in [2.75, 3.05) is 26.2 Å². The Morgan fingerprint density at radius 3 is 2.43 bits per heavy atom. The van der Waals surface area contributed by atoms with Gasteiger partial charge in [-0.3, -0.25) is 14.6 Å². The van der Waals surface area contributed by atoms with Crippen LogP contribution in [0.25, 0.3) is 0 Å². The second kappa shape index (κ2) is 6.91. The highest BCUT2D eigenvalue weighted by atomic mass is 32.1. The Morgan fingerprint density at radius 2 is 1.83 bits per heavy atom. The van der Waals surface area contributed by atoms with Crippen molar-refractivity contribution in [3.8, 4) is 0 Å². The van der Waals surface area contributed by atoms with Crippen molar-refractivity contribution in [1.29, 1.82) is 0 Å². The van der Waals surface area contributed by atoms with Crippen molar-refractivity contribution in [1.82, 2.24) is 14.8 Å². The van der Waals surface area contributed by atoms with Gasteiger partial charge in [-0.15, -0.1) is 11.3 Å². The smallest absolute Gasteiger partial charge is 0.264 e. The van der Waals surface area contributed by atoms with Gasteiger partial charge in [0.25, 0.3) is 5.91 Å². The largest absolute Gasteiger partial charge is 0.339 e. The van der Waals surface area contributed by atoms with Crippen molar-refractivity contribution in [2.45, 2.75) is 13.3 Å². The van der Waals surface area contributed by atoms with Crippen molar-refractivity contribution in [2.24, 2.45) is 0 Å². The van der Waals surface area contributed by atoms with Crippen LogP contribution in [0.1, 0.15) is 20.2 Å². The lowest BCUT2D eigenvalue weighted by molar-refractivity contribution is -0.132. The van der Waals surface area contributed by atoms with Gasteiger partial charge in [0.15, 0.2) is 0 Å². The normalized spacial score (nSPS) is 14.8. The van der Waals surface area contributed by atoms with Crippen LogP contribution in [0.5, 0.6) is 0 Å². The summed E-state index contributed by atoms with van der Waals surface area (Å²) in [7, 11) is 0. The van der Waals surface area contributed by atoms with Crippen molar-refractivity contribution in [3.05, 3.63) is 52.0 Å².